The summed E-state index contributed by atoms with van der Waals surface area (Å²) < 4.78 is 0. The van der Waals surface area contributed by atoms with Crippen LogP contribution in [0.4, 0.5) is 11.4 Å². The minimum Gasteiger partial charge on any atom is -0.365 e. The number of nitro benzene ring substituents is 1. The SMILES string of the molecule is CCN(CC1CCCCN1)c1cccc(C)c1[N+](=O)[O-]. The van der Waals surface area contributed by atoms with E-state index in [1.54, 1.807) is 13.0 Å². The molecule has 0 aliphatic carbocycles. The van der Waals surface area contributed by atoms with Crippen LogP contribution in [-0.2, 0) is 0 Å². The highest BCUT2D eigenvalue weighted by Crippen LogP contribution is 2.31. The standard InChI is InChI=1S/C15H23N3O2/c1-3-17(11-13-8-4-5-10-16-13)14-9-6-7-12(2)15(14)18(19)20/h6-7,9,13,16H,3-5,8,10-11H2,1-2H3. The van der Waals surface area contributed by atoms with Crippen LogP contribution < -0.4 is 10.2 Å². The van der Waals surface area contributed by atoms with Crippen LogP contribution in [0.1, 0.15) is 31.7 Å². The number of nitrogens with zero attached hydrogens (tertiary/aromatic N) is 2. The molecule has 1 atom stereocenters. The van der Waals surface area contributed by atoms with Gasteiger partial charge >= 0.3 is 0 Å². The summed E-state index contributed by atoms with van der Waals surface area (Å²) in [6.45, 7) is 6.52. The van der Waals surface area contributed by atoms with Gasteiger partial charge in [-0.05, 0) is 39.3 Å². The van der Waals surface area contributed by atoms with Crippen LogP contribution in [-0.4, -0.2) is 30.6 Å². The molecule has 0 amide bonds. The summed E-state index contributed by atoms with van der Waals surface area (Å²) in [6.07, 6.45) is 3.62. The van der Waals surface area contributed by atoms with Gasteiger partial charge in [0.1, 0.15) is 5.69 Å². The molecule has 20 heavy (non-hydrogen) atoms. The first-order valence-corrected chi connectivity index (χ1v) is 7.35. The zero-order chi connectivity index (χ0) is 14.5. The molecular weight excluding hydrogens is 254 g/mol. The highest BCUT2D eigenvalue weighted by molar-refractivity contribution is 5.66. The predicted octanol–water partition coefficient (Wildman–Crippen LogP) is 2.87. The van der Waals surface area contributed by atoms with E-state index in [4.69, 9.17) is 0 Å². The minimum atomic E-state index is -0.262. The van der Waals surface area contributed by atoms with Crippen molar-refractivity contribution in [1.29, 1.82) is 0 Å². The van der Waals surface area contributed by atoms with Crippen molar-refractivity contribution in [2.45, 2.75) is 39.2 Å². The van der Waals surface area contributed by atoms with Gasteiger partial charge in [-0.25, -0.2) is 0 Å². The molecule has 5 nitrogen and oxygen atoms in total. The summed E-state index contributed by atoms with van der Waals surface area (Å²) in [7, 11) is 0. The maximum Gasteiger partial charge on any atom is 0.295 e. The van der Waals surface area contributed by atoms with Crippen molar-refractivity contribution in [2.24, 2.45) is 0 Å². The Morgan fingerprint density at radius 1 is 1.45 bits per heavy atom. The molecular formula is C15H23N3O2. The third-order valence-electron chi connectivity index (χ3n) is 3.97. The maximum atomic E-state index is 11.3. The van der Waals surface area contributed by atoms with Crippen molar-refractivity contribution < 1.29 is 4.92 Å². The summed E-state index contributed by atoms with van der Waals surface area (Å²) in [5.41, 5.74) is 1.71. The molecule has 1 heterocycles. The second kappa shape index (κ2) is 6.70. The first-order chi connectivity index (χ1) is 9.63. The van der Waals surface area contributed by atoms with Gasteiger partial charge in [-0.3, -0.25) is 10.1 Å². The Kier molecular flexibility index (Phi) is 4.95. The van der Waals surface area contributed by atoms with Crippen LogP contribution >= 0.6 is 0 Å². The number of benzene rings is 1. The topological polar surface area (TPSA) is 58.4 Å². The average molecular weight is 277 g/mol. The lowest BCUT2D eigenvalue weighted by Gasteiger charge is -2.31. The molecule has 0 saturated carbocycles. The van der Waals surface area contributed by atoms with Crippen molar-refractivity contribution in [3.8, 4) is 0 Å². The molecule has 1 aliphatic rings. The van der Waals surface area contributed by atoms with Crippen LogP contribution in [0.5, 0.6) is 0 Å². The summed E-state index contributed by atoms with van der Waals surface area (Å²) in [5, 5.41) is 14.8. The third kappa shape index (κ3) is 3.28. The van der Waals surface area contributed by atoms with E-state index in [-0.39, 0.29) is 10.6 Å². The Balaban J connectivity index is 2.22. The number of hydrogen-bond donors (Lipinski definition) is 1. The second-order valence-electron chi connectivity index (χ2n) is 5.39. The number of piperidine rings is 1. The fourth-order valence-electron chi connectivity index (χ4n) is 2.88. The molecule has 5 heteroatoms. The van der Waals surface area contributed by atoms with Gasteiger partial charge in [0.25, 0.3) is 5.69 Å². The Morgan fingerprint density at radius 2 is 2.25 bits per heavy atom. The third-order valence-corrected chi connectivity index (χ3v) is 3.97. The quantitative estimate of drug-likeness (QED) is 0.664. The highest BCUT2D eigenvalue weighted by atomic mass is 16.6. The molecule has 1 N–H and O–H groups in total. The van der Waals surface area contributed by atoms with E-state index in [2.05, 4.69) is 17.1 Å². The summed E-state index contributed by atoms with van der Waals surface area (Å²) in [5.74, 6) is 0. The molecule has 110 valence electrons. The van der Waals surface area contributed by atoms with Gasteiger partial charge in [0, 0.05) is 24.7 Å². The highest BCUT2D eigenvalue weighted by Gasteiger charge is 2.23. The smallest absolute Gasteiger partial charge is 0.295 e. The summed E-state index contributed by atoms with van der Waals surface area (Å²) in [4.78, 5) is 13.2. The predicted molar refractivity (Wildman–Crippen MR) is 81.4 cm³/mol. The Labute approximate surface area is 120 Å². The van der Waals surface area contributed by atoms with Crippen LogP contribution in [0, 0.1) is 17.0 Å². The van der Waals surface area contributed by atoms with Crippen LogP contribution in [0.15, 0.2) is 18.2 Å². The van der Waals surface area contributed by atoms with Crippen LogP contribution in [0.3, 0.4) is 0 Å². The molecule has 0 bridgehead atoms. The fourth-order valence-corrected chi connectivity index (χ4v) is 2.88. The van der Waals surface area contributed by atoms with E-state index in [1.807, 2.05) is 12.1 Å². The normalized spacial score (nSPS) is 18.8. The number of aryl methyl sites for hydroxylation is 1. The molecule has 0 aromatic heterocycles. The maximum absolute atomic E-state index is 11.3. The van der Waals surface area contributed by atoms with Gasteiger partial charge in [0.05, 0.1) is 4.92 Å². The van der Waals surface area contributed by atoms with Crippen molar-refractivity contribution in [1.82, 2.24) is 5.32 Å². The lowest BCUT2D eigenvalue weighted by molar-refractivity contribution is -0.384. The Morgan fingerprint density at radius 3 is 2.85 bits per heavy atom. The monoisotopic (exact) mass is 277 g/mol. The van der Waals surface area contributed by atoms with Crippen LogP contribution in [0.2, 0.25) is 0 Å². The lowest BCUT2D eigenvalue weighted by atomic mass is 10.0. The van der Waals surface area contributed by atoms with Gasteiger partial charge in [0.15, 0.2) is 0 Å². The van der Waals surface area contributed by atoms with Crippen molar-refractivity contribution >= 4 is 11.4 Å². The van der Waals surface area contributed by atoms with E-state index in [0.717, 1.165) is 37.3 Å². The molecule has 1 unspecified atom stereocenters. The van der Waals surface area contributed by atoms with Gasteiger partial charge in [-0.1, -0.05) is 18.6 Å². The number of nitrogens with one attached hydrogen (secondary N) is 1. The van der Waals surface area contributed by atoms with Gasteiger partial charge in [-0.15, -0.1) is 0 Å². The number of rotatable bonds is 5. The lowest BCUT2D eigenvalue weighted by Crippen LogP contribution is -2.43. The summed E-state index contributed by atoms with van der Waals surface area (Å²) in [6, 6.07) is 5.99. The number of hydrogen-bond acceptors (Lipinski definition) is 4. The Hall–Kier alpha value is -1.62. The van der Waals surface area contributed by atoms with Crippen LogP contribution in [0.25, 0.3) is 0 Å². The van der Waals surface area contributed by atoms with Crippen molar-refractivity contribution in [2.75, 3.05) is 24.5 Å². The molecule has 1 fully saturated rings. The van der Waals surface area contributed by atoms with Crippen molar-refractivity contribution in [3.05, 3.63) is 33.9 Å². The van der Waals surface area contributed by atoms with E-state index < -0.39 is 0 Å². The molecule has 1 aliphatic heterocycles. The molecule has 1 saturated heterocycles. The Bertz CT molecular complexity index is 470. The van der Waals surface area contributed by atoms with Gasteiger partial charge < -0.3 is 10.2 Å². The fraction of sp³-hybridized carbons (Fsp3) is 0.600. The molecule has 0 radical (unpaired) electrons. The minimum absolute atomic E-state index is 0.241. The molecule has 2 rings (SSSR count). The summed E-state index contributed by atoms with van der Waals surface area (Å²) >= 11 is 0. The average Bonchev–Trinajstić information content (AvgIpc) is 2.45. The van der Waals surface area contributed by atoms with Gasteiger partial charge in [0.2, 0.25) is 0 Å². The van der Waals surface area contributed by atoms with Gasteiger partial charge in [-0.2, -0.15) is 0 Å². The number of para-hydroxylation sites is 1. The number of anilines is 1. The van der Waals surface area contributed by atoms with E-state index in [0.29, 0.717) is 6.04 Å². The second-order valence-corrected chi connectivity index (χ2v) is 5.39. The molecule has 1 aromatic carbocycles. The zero-order valence-corrected chi connectivity index (χ0v) is 12.3. The van der Waals surface area contributed by atoms with E-state index in [1.165, 1.54) is 12.8 Å². The zero-order valence-electron chi connectivity index (χ0n) is 12.3. The molecule has 0 spiro atoms. The van der Waals surface area contributed by atoms with Crippen molar-refractivity contribution in [3.63, 3.8) is 0 Å². The van der Waals surface area contributed by atoms with E-state index in [9.17, 15) is 10.1 Å². The first-order valence-electron chi connectivity index (χ1n) is 7.35. The number of nitro groups is 1. The largest absolute Gasteiger partial charge is 0.365 e. The number of likely N-dealkylation sites (N-methyl/N-ethyl adjacent to an activating group) is 1. The first kappa shape index (κ1) is 14.8. The van der Waals surface area contributed by atoms with E-state index >= 15 is 0 Å². The molecule has 1 aromatic rings.